The summed E-state index contributed by atoms with van der Waals surface area (Å²) in [4.78, 5) is 11.4. The highest BCUT2D eigenvalue weighted by Gasteiger charge is 2.12. The van der Waals surface area contributed by atoms with Gasteiger partial charge in [0.2, 0.25) is 0 Å². The summed E-state index contributed by atoms with van der Waals surface area (Å²) >= 11 is 1.16. The lowest BCUT2D eigenvalue weighted by Crippen LogP contribution is -1.99. The van der Waals surface area contributed by atoms with Crippen LogP contribution in [-0.4, -0.2) is 25.2 Å². The number of nitrogens with zero attached hydrogens (tertiary/aromatic N) is 4. The zero-order valence-electron chi connectivity index (χ0n) is 10.6. The van der Waals surface area contributed by atoms with Gasteiger partial charge >= 0.3 is 0 Å². The smallest absolute Gasteiger partial charge is 0.183 e. The summed E-state index contributed by atoms with van der Waals surface area (Å²) in [7, 11) is 0. The van der Waals surface area contributed by atoms with Crippen molar-refractivity contribution in [2.24, 2.45) is 0 Å². The largest absolute Gasteiger partial charge is 0.344 e. The van der Waals surface area contributed by atoms with Gasteiger partial charge < -0.3 is 5.32 Å². The molecule has 0 radical (unpaired) electrons. The molecule has 0 spiro atoms. The maximum Gasteiger partial charge on any atom is 0.183 e. The molecule has 2 aromatic heterocycles. The third-order valence-electron chi connectivity index (χ3n) is 2.72. The van der Waals surface area contributed by atoms with Crippen molar-refractivity contribution in [2.75, 3.05) is 5.32 Å². The fraction of sp³-hybridized carbons (Fsp3) is 0.0769. The number of aromatic nitrogens is 4. The van der Waals surface area contributed by atoms with Crippen molar-refractivity contribution in [3.8, 4) is 5.69 Å². The van der Waals surface area contributed by atoms with Gasteiger partial charge in [-0.15, -0.1) is 5.10 Å². The summed E-state index contributed by atoms with van der Waals surface area (Å²) in [5.74, 6) is -0.102. The van der Waals surface area contributed by atoms with Gasteiger partial charge in [0.25, 0.3) is 0 Å². The Morgan fingerprint density at radius 2 is 2.10 bits per heavy atom. The number of ketones is 1. The van der Waals surface area contributed by atoms with Crippen LogP contribution in [0.5, 0.6) is 0 Å². The molecule has 6 nitrogen and oxygen atoms in total. The molecule has 0 saturated heterocycles. The van der Waals surface area contributed by atoms with E-state index in [0.717, 1.165) is 22.9 Å². The van der Waals surface area contributed by atoms with Crippen LogP contribution >= 0.6 is 11.5 Å². The highest BCUT2D eigenvalue weighted by molar-refractivity contribution is 7.10. The molecule has 0 atom stereocenters. The SMILES string of the molecule is CC(=O)c1nnsc1Nc1ccc(-n2cccn2)cc1. The fourth-order valence-electron chi connectivity index (χ4n) is 1.75. The van der Waals surface area contributed by atoms with Gasteiger partial charge in [-0.05, 0) is 30.3 Å². The first-order valence-electron chi connectivity index (χ1n) is 5.94. The summed E-state index contributed by atoms with van der Waals surface area (Å²) < 4.78 is 5.57. The van der Waals surface area contributed by atoms with E-state index >= 15 is 0 Å². The number of hydrogen-bond donors (Lipinski definition) is 1. The molecule has 0 saturated carbocycles. The zero-order valence-corrected chi connectivity index (χ0v) is 11.5. The number of carbonyl (C=O) groups excluding carboxylic acids is 1. The lowest BCUT2D eigenvalue weighted by Gasteiger charge is -2.06. The lowest BCUT2D eigenvalue weighted by molar-refractivity contribution is 0.101. The summed E-state index contributed by atoms with van der Waals surface area (Å²) in [6, 6.07) is 9.59. The van der Waals surface area contributed by atoms with Crippen molar-refractivity contribution in [2.45, 2.75) is 6.92 Å². The molecule has 1 aromatic carbocycles. The second-order valence-electron chi connectivity index (χ2n) is 4.13. The average Bonchev–Trinajstić information content (AvgIpc) is 3.10. The lowest BCUT2D eigenvalue weighted by atomic mass is 10.2. The van der Waals surface area contributed by atoms with Crippen LogP contribution in [-0.2, 0) is 0 Å². The summed E-state index contributed by atoms with van der Waals surface area (Å²) in [5, 5.41) is 11.8. The summed E-state index contributed by atoms with van der Waals surface area (Å²) in [6.07, 6.45) is 3.61. The molecule has 0 aliphatic heterocycles. The second kappa shape index (κ2) is 5.22. The van der Waals surface area contributed by atoms with Gasteiger partial charge in [-0.1, -0.05) is 4.49 Å². The van der Waals surface area contributed by atoms with E-state index in [4.69, 9.17) is 0 Å². The molecule has 7 heteroatoms. The van der Waals surface area contributed by atoms with E-state index in [1.807, 2.05) is 36.5 Å². The Labute approximate surface area is 119 Å². The molecular weight excluding hydrogens is 274 g/mol. The third-order valence-corrected chi connectivity index (χ3v) is 3.36. The Hall–Kier alpha value is -2.54. The fourth-order valence-corrected chi connectivity index (χ4v) is 2.39. The molecule has 100 valence electrons. The molecule has 1 N–H and O–H groups in total. The Morgan fingerprint density at radius 3 is 2.75 bits per heavy atom. The maximum atomic E-state index is 11.4. The van der Waals surface area contributed by atoms with E-state index in [0.29, 0.717) is 10.7 Å². The molecular formula is C13H11N5OS. The van der Waals surface area contributed by atoms with Crippen LogP contribution in [0.2, 0.25) is 0 Å². The number of nitrogens with one attached hydrogen (secondary N) is 1. The van der Waals surface area contributed by atoms with E-state index in [1.165, 1.54) is 6.92 Å². The monoisotopic (exact) mass is 285 g/mol. The number of carbonyl (C=O) groups is 1. The number of hydrogen-bond acceptors (Lipinski definition) is 6. The highest BCUT2D eigenvalue weighted by atomic mass is 32.1. The van der Waals surface area contributed by atoms with Gasteiger partial charge in [0, 0.05) is 36.5 Å². The second-order valence-corrected chi connectivity index (χ2v) is 4.88. The number of Topliss-reactive ketones (excluding diaryl/α,β-unsaturated/α-hetero) is 1. The van der Waals surface area contributed by atoms with Gasteiger partial charge in [-0.25, -0.2) is 4.68 Å². The van der Waals surface area contributed by atoms with Crippen molar-refractivity contribution < 1.29 is 4.79 Å². The number of benzene rings is 1. The minimum atomic E-state index is -0.102. The van der Waals surface area contributed by atoms with Crippen molar-refractivity contribution in [1.29, 1.82) is 0 Å². The highest BCUT2D eigenvalue weighted by Crippen LogP contribution is 2.24. The molecule has 0 bridgehead atoms. The first kappa shape index (κ1) is 12.5. The van der Waals surface area contributed by atoms with Crippen molar-refractivity contribution in [1.82, 2.24) is 19.4 Å². The maximum absolute atomic E-state index is 11.4. The predicted octanol–water partition coefficient (Wildman–Crippen LogP) is 2.67. The van der Waals surface area contributed by atoms with Crippen LogP contribution in [0.15, 0.2) is 42.7 Å². The van der Waals surface area contributed by atoms with E-state index in [1.54, 1.807) is 10.9 Å². The Bertz CT molecular complexity index is 718. The van der Waals surface area contributed by atoms with Crippen molar-refractivity contribution >= 4 is 28.0 Å². The first-order valence-corrected chi connectivity index (χ1v) is 6.72. The van der Waals surface area contributed by atoms with Gasteiger partial charge in [-0.3, -0.25) is 4.79 Å². The zero-order chi connectivity index (χ0) is 13.9. The number of anilines is 2. The molecule has 0 aliphatic carbocycles. The molecule has 3 aromatic rings. The molecule has 2 heterocycles. The van der Waals surface area contributed by atoms with Gasteiger partial charge in [0.15, 0.2) is 11.5 Å². The van der Waals surface area contributed by atoms with Gasteiger partial charge in [-0.2, -0.15) is 5.10 Å². The molecule has 0 fully saturated rings. The van der Waals surface area contributed by atoms with Gasteiger partial charge in [0.05, 0.1) is 5.69 Å². The molecule has 3 rings (SSSR count). The van der Waals surface area contributed by atoms with E-state index in [9.17, 15) is 4.79 Å². The Balaban J connectivity index is 1.82. The summed E-state index contributed by atoms with van der Waals surface area (Å²) in [5.41, 5.74) is 2.20. The molecule has 0 aliphatic rings. The molecule has 20 heavy (non-hydrogen) atoms. The minimum absolute atomic E-state index is 0.102. The van der Waals surface area contributed by atoms with E-state index < -0.39 is 0 Å². The van der Waals surface area contributed by atoms with Crippen LogP contribution in [0.3, 0.4) is 0 Å². The Kier molecular flexibility index (Phi) is 3.26. The van der Waals surface area contributed by atoms with Crippen molar-refractivity contribution in [3.05, 3.63) is 48.4 Å². The van der Waals surface area contributed by atoms with E-state index in [-0.39, 0.29) is 5.78 Å². The van der Waals surface area contributed by atoms with E-state index in [2.05, 4.69) is 20.0 Å². The first-order chi connectivity index (χ1) is 9.74. The normalized spacial score (nSPS) is 10.4. The Morgan fingerprint density at radius 1 is 1.30 bits per heavy atom. The van der Waals surface area contributed by atoms with Crippen LogP contribution < -0.4 is 5.32 Å². The van der Waals surface area contributed by atoms with Crippen LogP contribution in [0, 0.1) is 0 Å². The predicted molar refractivity (Wildman–Crippen MR) is 76.8 cm³/mol. The quantitative estimate of drug-likeness (QED) is 0.746. The third kappa shape index (κ3) is 2.43. The average molecular weight is 285 g/mol. The number of rotatable bonds is 4. The van der Waals surface area contributed by atoms with Crippen molar-refractivity contribution in [3.63, 3.8) is 0 Å². The molecule has 0 unspecified atom stereocenters. The van der Waals surface area contributed by atoms with Crippen LogP contribution in [0.1, 0.15) is 17.4 Å². The standard InChI is InChI=1S/C13H11N5OS/c1-9(19)12-13(20-17-16-12)15-10-3-5-11(6-4-10)18-8-2-7-14-18/h2-8,15H,1H3. The van der Waals surface area contributed by atoms with Gasteiger partial charge in [0.1, 0.15) is 5.00 Å². The van der Waals surface area contributed by atoms with Crippen LogP contribution in [0.25, 0.3) is 5.69 Å². The van der Waals surface area contributed by atoms with Crippen LogP contribution in [0.4, 0.5) is 10.7 Å². The topological polar surface area (TPSA) is 72.7 Å². The molecule has 0 amide bonds. The summed E-state index contributed by atoms with van der Waals surface area (Å²) in [6.45, 7) is 1.47. The minimum Gasteiger partial charge on any atom is -0.344 e.